The molecule has 1 saturated heterocycles. The number of hydrogen-bond donors (Lipinski definition) is 0. The van der Waals surface area contributed by atoms with Gasteiger partial charge in [-0.05, 0) is 43.9 Å². The van der Waals surface area contributed by atoms with Crippen LogP contribution in [0.25, 0.3) is 0 Å². The van der Waals surface area contributed by atoms with Gasteiger partial charge in [0.25, 0.3) is 0 Å². The van der Waals surface area contributed by atoms with E-state index in [0.29, 0.717) is 0 Å². The average Bonchev–Trinajstić information content (AvgIpc) is 2.32. The molecule has 0 saturated carbocycles. The van der Waals surface area contributed by atoms with Crippen LogP contribution in [0.5, 0.6) is 0 Å². The van der Waals surface area contributed by atoms with Gasteiger partial charge in [-0.3, -0.25) is 0 Å². The van der Waals surface area contributed by atoms with Gasteiger partial charge in [-0.25, -0.2) is 0 Å². The van der Waals surface area contributed by atoms with Crippen molar-refractivity contribution in [3.8, 4) is 6.07 Å². The summed E-state index contributed by atoms with van der Waals surface area (Å²) in [5.41, 5.74) is 3.99. The summed E-state index contributed by atoms with van der Waals surface area (Å²) in [6, 6.07) is 8.96. The Kier molecular flexibility index (Phi) is 3.14. The summed E-state index contributed by atoms with van der Waals surface area (Å²) >= 11 is 0. The van der Waals surface area contributed by atoms with E-state index >= 15 is 0 Å². The van der Waals surface area contributed by atoms with Crippen LogP contribution in [-0.4, -0.2) is 13.1 Å². The van der Waals surface area contributed by atoms with Crippen LogP contribution in [-0.2, 0) is 0 Å². The van der Waals surface area contributed by atoms with Gasteiger partial charge in [0.15, 0.2) is 0 Å². The van der Waals surface area contributed by atoms with Crippen LogP contribution in [0, 0.1) is 31.1 Å². The van der Waals surface area contributed by atoms with Crippen LogP contribution in [0.15, 0.2) is 18.2 Å². The molecule has 1 aromatic carbocycles. The van der Waals surface area contributed by atoms with Gasteiger partial charge in [0.2, 0.25) is 0 Å². The predicted molar refractivity (Wildman–Crippen MR) is 66.5 cm³/mol. The van der Waals surface area contributed by atoms with Gasteiger partial charge in [-0.15, -0.1) is 0 Å². The van der Waals surface area contributed by atoms with E-state index in [4.69, 9.17) is 5.26 Å². The molecule has 0 bridgehead atoms. The lowest BCUT2D eigenvalue weighted by Gasteiger charge is -2.32. The summed E-state index contributed by atoms with van der Waals surface area (Å²) in [7, 11) is 0. The van der Waals surface area contributed by atoms with E-state index < -0.39 is 0 Å². The molecule has 1 aromatic rings. The van der Waals surface area contributed by atoms with Crippen LogP contribution in [0.3, 0.4) is 0 Å². The van der Waals surface area contributed by atoms with Crippen molar-refractivity contribution >= 4 is 5.69 Å². The number of aryl methyl sites for hydroxylation is 2. The second-order valence-electron chi connectivity index (χ2n) is 4.68. The quantitative estimate of drug-likeness (QED) is 0.718. The van der Waals surface area contributed by atoms with Crippen molar-refractivity contribution in [3.63, 3.8) is 0 Å². The molecule has 0 unspecified atom stereocenters. The topological polar surface area (TPSA) is 27.0 Å². The average molecular weight is 214 g/mol. The zero-order chi connectivity index (χ0) is 11.5. The third-order valence-electron chi connectivity index (χ3n) is 3.38. The predicted octanol–water partition coefficient (Wildman–Crippen LogP) is 3.04. The highest BCUT2D eigenvalue weighted by atomic mass is 15.1. The van der Waals surface area contributed by atoms with Gasteiger partial charge in [0.05, 0.1) is 6.07 Å². The highest BCUT2D eigenvalue weighted by Gasteiger charge is 2.19. The molecule has 2 heteroatoms. The zero-order valence-electron chi connectivity index (χ0n) is 10.0. The summed E-state index contributed by atoms with van der Waals surface area (Å²) in [4.78, 5) is 2.41. The third-order valence-corrected chi connectivity index (χ3v) is 3.38. The Hall–Kier alpha value is -1.49. The molecule has 1 aliphatic heterocycles. The molecule has 2 rings (SSSR count). The molecule has 84 valence electrons. The summed E-state index contributed by atoms with van der Waals surface area (Å²) < 4.78 is 0. The monoisotopic (exact) mass is 214 g/mol. The van der Waals surface area contributed by atoms with E-state index in [-0.39, 0.29) is 5.92 Å². The van der Waals surface area contributed by atoms with Gasteiger partial charge in [0.1, 0.15) is 0 Å². The number of nitrogens with zero attached hydrogens (tertiary/aromatic N) is 2. The minimum absolute atomic E-state index is 0.265. The van der Waals surface area contributed by atoms with E-state index in [9.17, 15) is 0 Å². The van der Waals surface area contributed by atoms with E-state index in [1.165, 1.54) is 16.8 Å². The second-order valence-corrected chi connectivity index (χ2v) is 4.68. The molecule has 16 heavy (non-hydrogen) atoms. The van der Waals surface area contributed by atoms with Gasteiger partial charge < -0.3 is 4.90 Å². The number of piperidine rings is 1. The first-order chi connectivity index (χ1) is 7.70. The largest absolute Gasteiger partial charge is 0.371 e. The Morgan fingerprint density at radius 1 is 1.25 bits per heavy atom. The Morgan fingerprint density at radius 2 is 1.94 bits per heavy atom. The van der Waals surface area contributed by atoms with Crippen molar-refractivity contribution in [2.45, 2.75) is 26.7 Å². The number of benzene rings is 1. The lowest BCUT2D eigenvalue weighted by Crippen LogP contribution is -2.33. The van der Waals surface area contributed by atoms with E-state index in [2.05, 4.69) is 43.0 Å². The van der Waals surface area contributed by atoms with Gasteiger partial charge in [0, 0.05) is 24.7 Å². The smallest absolute Gasteiger partial charge is 0.0657 e. The van der Waals surface area contributed by atoms with E-state index in [0.717, 1.165) is 25.9 Å². The SMILES string of the molecule is Cc1ccc(C)c(N2CCC(C#N)CC2)c1. The molecular formula is C14H18N2. The van der Waals surface area contributed by atoms with E-state index in [1.54, 1.807) is 0 Å². The van der Waals surface area contributed by atoms with Gasteiger partial charge >= 0.3 is 0 Å². The van der Waals surface area contributed by atoms with Crippen molar-refractivity contribution in [2.75, 3.05) is 18.0 Å². The maximum absolute atomic E-state index is 8.88. The normalized spacial score (nSPS) is 17.2. The zero-order valence-corrected chi connectivity index (χ0v) is 10.0. The second kappa shape index (κ2) is 4.57. The summed E-state index contributed by atoms with van der Waals surface area (Å²) in [6.07, 6.45) is 2.01. The molecule has 1 fully saturated rings. The number of hydrogen-bond acceptors (Lipinski definition) is 2. The van der Waals surface area contributed by atoms with Crippen molar-refractivity contribution in [1.82, 2.24) is 0 Å². The fourth-order valence-electron chi connectivity index (χ4n) is 2.31. The Bertz CT molecular complexity index is 409. The molecule has 0 amide bonds. The lowest BCUT2D eigenvalue weighted by atomic mass is 9.97. The molecule has 0 spiro atoms. The molecular weight excluding hydrogens is 196 g/mol. The van der Waals surface area contributed by atoms with Crippen molar-refractivity contribution < 1.29 is 0 Å². The fraction of sp³-hybridized carbons (Fsp3) is 0.500. The fourth-order valence-corrected chi connectivity index (χ4v) is 2.31. The summed E-state index contributed by atoms with van der Waals surface area (Å²) in [6.45, 7) is 6.32. The van der Waals surface area contributed by atoms with Crippen molar-refractivity contribution in [3.05, 3.63) is 29.3 Å². The van der Waals surface area contributed by atoms with Crippen LogP contribution >= 0.6 is 0 Å². The first-order valence-corrected chi connectivity index (χ1v) is 5.92. The maximum atomic E-state index is 8.88. The molecule has 1 aliphatic rings. The number of rotatable bonds is 1. The molecule has 0 N–H and O–H groups in total. The maximum Gasteiger partial charge on any atom is 0.0657 e. The molecule has 0 aromatic heterocycles. The third kappa shape index (κ3) is 2.19. The standard InChI is InChI=1S/C14H18N2/c1-11-3-4-12(2)14(9-11)16-7-5-13(10-15)6-8-16/h3-4,9,13H,5-8H2,1-2H3. The Morgan fingerprint density at radius 3 is 2.56 bits per heavy atom. The van der Waals surface area contributed by atoms with Gasteiger partial charge in [-0.2, -0.15) is 5.26 Å². The number of nitriles is 1. The van der Waals surface area contributed by atoms with Crippen molar-refractivity contribution in [1.29, 1.82) is 5.26 Å². The Labute approximate surface area is 97.5 Å². The van der Waals surface area contributed by atoms with Crippen LogP contribution in [0.4, 0.5) is 5.69 Å². The first-order valence-electron chi connectivity index (χ1n) is 5.92. The van der Waals surface area contributed by atoms with Crippen LogP contribution in [0.1, 0.15) is 24.0 Å². The van der Waals surface area contributed by atoms with Gasteiger partial charge in [-0.1, -0.05) is 12.1 Å². The number of anilines is 1. The Balaban J connectivity index is 2.14. The first kappa shape index (κ1) is 11.0. The summed E-state index contributed by atoms with van der Waals surface area (Å²) in [5.74, 6) is 0.265. The molecule has 0 radical (unpaired) electrons. The minimum Gasteiger partial charge on any atom is -0.371 e. The minimum atomic E-state index is 0.265. The lowest BCUT2D eigenvalue weighted by molar-refractivity contribution is 0.487. The molecule has 1 heterocycles. The van der Waals surface area contributed by atoms with E-state index in [1.807, 2.05) is 0 Å². The summed E-state index contributed by atoms with van der Waals surface area (Å²) in [5, 5.41) is 8.88. The molecule has 2 nitrogen and oxygen atoms in total. The van der Waals surface area contributed by atoms with Crippen LogP contribution in [0.2, 0.25) is 0 Å². The molecule has 0 atom stereocenters. The van der Waals surface area contributed by atoms with Crippen molar-refractivity contribution in [2.24, 2.45) is 5.92 Å². The molecule has 0 aliphatic carbocycles. The highest BCUT2D eigenvalue weighted by molar-refractivity contribution is 5.55. The van der Waals surface area contributed by atoms with Crippen LogP contribution < -0.4 is 4.90 Å². The highest BCUT2D eigenvalue weighted by Crippen LogP contribution is 2.26.